The van der Waals surface area contributed by atoms with Crippen LogP contribution >= 0.6 is 0 Å². The quantitative estimate of drug-likeness (QED) is 0.759. The summed E-state index contributed by atoms with van der Waals surface area (Å²) in [6, 6.07) is 7.57. The standard InChI is InChI=1S/C11H6F3NO2/c12-11(13,14)8-6-15-17-10(8)9(16)7-4-2-1-3-5-7/h1-6H. The average molecular weight is 241 g/mol. The summed E-state index contributed by atoms with van der Waals surface area (Å²) in [4.78, 5) is 11.7. The second kappa shape index (κ2) is 4.04. The molecule has 0 unspecified atom stereocenters. The Balaban J connectivity index is 2.43. The van der Waals surface area contributed by atoms with Gasteiger partial charge in [-0.15, -0.1) is 0 Å². The fraction of sp³-hybridized carbons (Fsp3) is 0.0909. The Morgan fingerprint density at radius 3 is 2.41 bits per heavy atom. The number of carbonyl (C=O) groups is 1. The Morgan fingerprint density at radius 1 is 1.18 bits per heavy atom. The van der Waals surface area contributed by atoms with E-state index in [4.69, 9.17) is 0 Å². The number of halogens is 3. The molecule has 1 aromatic heterocycles. The van der Waals surface area contributed by atoms with E-state index in [9.17, 15) is 18.0 Å². The van der Waals surface area contributed by atoms with Gasteiger partial charge in [0.25, 0.3) is 0 Å². The van der Waals surface area contributed by atoms with Gasteiger partial charge in [0, 0.05) is 5.56 Å². The lowest BCUT2D eigenvalue weighted by Gasteiger charge is -2.04. The van der Waals surface area contributed by atoms with Crippen molar-refractivity contribution in [3.63, 3.8) is 0 Å². The summed E-state index contributed by atoms with van der Waals surface area (Å²) < 4.78 is 41.9. The SMILES string of the molecule is O=C(c1ccccc1)c1oncc1C(F)(F)F. The number of carbonyl (C=O) groups excluding carboxylic acids is 1. The van der Waals surface area contributed by atoms with Gasteiger partial charge in [-0.2, -0.15) is 13.2 Å². The van der Waals surface area contributed by atoms with Crippen LogP contribution in [-0.2, 0) is 6.18 Å². The highest BCUT2D eigenvalue weighted by atomic mass is 19.4. The van der Waals surface area contributed by atoms with E-state index in [0.29, 0.717) is 6.20 Å². The smallest absolute Gasteiger partial charge is 0.352 e. The van der Waals surface area contributed by atoms with E-state index in [1.807, 2.05) is 0 Å². The number of benzene rings is 1. The Hall–Kier alpha value is -2.11. The molecule has 0 fully saturated rings. The Labute approximate surface area is 93.8 Å². The third-order valence-electron chi connectivity index (χ3n) is 2.12. The van der Waals surface area contributed by atoms with E-state index in [1.54, 1.807) is 18.2 Å². The summed E-state index contributed by atoms with van der Waals surface area (Å²) in [6.45, 7) is 0. The number of hydrogen-bond donors (Lipinski definition) is 0. The number of alkyl halides is 3. The predicted molar refractivity (Wildman–Crippen MR) is 51.4 cm³/mol. The maximum Gasteiger partial charge on any atom is 0.421 e. The molecule has 17 heavy (non-hydrogen) atoms. The van der Waals surface area contributed by atoms with E-state index in [1.165, 1.54) is 12.1 Å². The molecule has 0 aliphatic carbocycles. The first-order valence-electron chi connectivity index (χ1n) is 4.62. The molecule has 6 heteroatoms. The highest BCUT2D eigenvalue weighted by molar-refractivity contribution is 6.07. The molecule has 0 bridgehead atoms. The number of nitrogens with zero attached hydrogens (tertiary/aromatic N) is 1. The molecule has 0 aliphatic rings. The van der Waals surface area contributed by atoms with E-state index in [2.05, 4.69) is 9.68 Å². The van der Waals surface area contributed by atoms with E-state index in [0.717, 1.165) is 0 Å². The van der Waals surface area contributed by atoms with E-state index in [-0.39, 0.29) is 5.56 Å². The highest BCUT2D eigenvalue weighted by Gasteiger charge is 2.38. The summed E-state index contributed by atoms with van der Waals surface area (Å²) in [6.07, 6.45) is -4.16. The minimum absolute atomic E-state index is 0.120. The normalized spacial score (nSPS) is 11.5. The van der Waals surface area contributed by atoms with Crippen molar-refractivity contribution >= 4 is 5.78 Å². The van der Waals surface area contributed by atoms with E-state index < -0.39 is 23.3 Å². The molecule has 0 amide bonds. The van der Waals surface area contributed by atoms with Gasteiger partial charge < -0.3 is 4.52 Å². The van der Waals surface area contributed by atoms with Gasteiger partial charge in [-0.1, -0.05) is 35.5 Å². The van der Waals surface area contributed by atoms with Crippen molar-refractivity contribution in [3.05, 3.63) is 53.4 Å². The molecule has 1 heterocycles. The molecule has 0 N–H and O–H groups in total. The predicted octanol–water partition coefficient (Wildman–Crippen LogP) is 2.92. The van der Waals surface area contributed by atoms with Crippen LogP contribution in [0, 0.1) is 0 Å². The summed E-state index contributed by atoms with van der Waals surface area (Å²) in [5, 5.41) is 3.02. The van der Waals surface area contributed by atoms with Crippen LogP contribution in [-0.4, -0.2) is 10.9 Å². The number of rotatable bonds is 2. The van der Waals surface area contributed by atoms with E-state index >= 15 is 0 Å². The van der Waals surface area contributed by atoms with Crippen LogP contribution in [0.1, 0.15) is 21.7 Å². The van der Waals surface area contributed by atoms with Crippen molar-refractivity contribution < 1.29 is 22.5 Å². The maximum atomic E-state index is 12.5. The van der Waals surface area contributed by atoms with Gasteiger partial charge in [-0.05, 0) is 0 Å². The van der Waals surface area contributed by atoms with Crippen molar-refractivity contribution in [1.29, 1.82) is 0 Å². The van der Waals surface area contributed by atoms with Crippen molar-refractivity contribution in [2.75, 3.05) is 0 Å². The minimum Gasteiger partial charge on any atom is -0.352 e. The third kappa shape index (κ3) is 2.20. The topological polar surface area (TPSA) is 43.1 Å². The van der Waals surface area contributed by atoms with Crippen LogP contribution in [0.5, 0.6) is 0 Å². The first kappa shape index (κ1) is 11.4. The molecule has 0 saturated heterocycles. The van der Waals surface area contributed by atoms with Gasteiger partial charge in [0.1, 0.15) is 5.56 Å². The monoisotopic (exact) mass is 241 g/mol. The summed E-state index contributed by atoms with van der Waals surface area (Å²) in [5.74, 6) is -1.63. The fourth-order valence-electron chi connectivity index (χ4n) is 1.33. The van der Waals surface area contributed by atoms with Crippen LogP contribution in [0.4, 0.5) is 13.2 Å². The van der Waals surface area contributed by atoms with Crippen LogP contribution in [0.15, 0.2) is 41.1 Å². The highest BCUT2D eigenvalue weighted by Crippen LogP contribution is 2.32. The minimum atomic E-state index is -4.65. The Bertz CT molecular complexity index is 531. The molecule has 0 aliphatic heterocycles. The number of hydrogen-bond acceptors (Lipinski definition) is 3. The van der Waals surface area contributed by atoms with Gasteiger partial charge >= 0.3 is 6.18 Å². The molecular weight excluding hydrogens is 235 g/mol. The van der Waals surface area contributed by atoms with Crippen LogP contribution in [0.3, 0.4) is 0 Å². The molecule has 0 atom stereocenters. The van der Waals surface area contributed by atoms with Gasteiger partial charge in [0.2, 0.25) is 11.5 Å². The number of aromatic nitrogens is 1. The molecular formula is C11H6F3NO2. The molecule has 2 rings (SSSR count). The maximum absolute atomic E-state index is 12.5. The van der Waals surface area contributed by atoms with Crippen LogP contribution in [0.2, 0.25) is 0 Å². The second-order valence-electron chi connectivity index (χ2n) is 3.26. The lowest BCUT2D eigenvalue weighted by Crippen LogP contribution is -2.11. The number of ketones is 1. The second-order valence-corrected chi connectivity index (χ2v) is 3.26. The van der Waals surface area contributed by atoms with Crippen LogP contribution in [0.25, 0.3) is 0 Å². The van der Waals surface area contributed by atoms with Gasteiger partial charge in [-0.3, -0.25) is 4.79 Å². The lowest BCUT2D eigenvalue weighted by atomic mass is 10.1. The summed E-state index contributed by atoms with van der Waals surface area (Å²) >= 11 is 0. The van der Waals surface area contributed by atoms with Gasteiger partial charge in [0.15, 0.2) is 0 Å². The lowest BCUT2D eigenvalue weighted by molar-refractivity contribution is -0.138. The average Bonchev–Trinajstić information content (AvgIpc) is 2.78. The first-order chi connectivity index (χ1) is 8.00. The Kier molecular flexibility index (Phi) is 2.71. The molecule has 88 valence electrons. The molecule has 1 aromatic carbocycles. The van der Waals surface area contributed by atoms with Gasteiger partial charge in [0.05, 0.1) is 6.20 Å². The first-order valence-corrected chi connectivity index (χ1v) is 4.62. The van der Waals surface area contributed by atoms with Crippen molar-refractivity contribution in [3.8, 4) is 0 Å². The van der Waals surface area contributed by atoms with Crippen LogP contribution < -0.4 is 0 Å². The Morgan fingerprint density at radius 2 is 1.82 bits per heavy atom. The molecule has 0 saturated carbocycles. The summed E-state index contributed by atoms with van der Waals surface area (Å²) in [7, 11) is 0. The molecule has 0 radical (unpaired) electrons. The largest absolute Gasteiger partial charge is 0.421 e. The van der Waals surface area contributed by atoms with Crippen molar-refractivity contribution in [2.24, 2.45) is 0 Å². The third-order valence-corrected chi connectivity index (χ3v) is 2.12. The zero-order chi connectivity index (χ0) is 12.5. The molecule has 2 aromatic rings. The zero-order valence-electron chi connectivity index (χ0n) is 8.36. The van der Waals surface area contributed by atoms with Gasteiger partial charge in [-0.25, -0.2) is 0 Å². The molecule has 0 spiro atoms. The molecule has 3 nitrogen and oxygen atoms in total. The summed E-state index contributed by atoms with van der Waals surface area (Å²) in [5.41, 5.74) is -1.04. The zero-order valence-corrected chi connectivity index (χ0v) is 8.36. The van der Waals surface area contributed by atoms with Crippen molar-refractivity contribution in [1.82, 2.24) is 5.16 Å². The van der Waals surface area contributed by atoms with Crippen molar-refractivity contribution in [2.45, 2.75) is 6.18 Å². The fourth-order valence-corrected chi connectivity index (χ4v) is 1.33.